The monoisotopic (exact) mass is 361 g/mol. The van der Waals surface area contributed by atoms with Gasteiger partial charge >= 0.3 is 0 Å². The summed E-state index contributed by atoms with van der Waals surface area (Å²) in [5, 5.41) is 7.39. The summed E-state index contributed by atoms with van der Waals surface area (Å²) < 4.78 is 6.65. The molecule has 1 unspecified atom stereocenters. The molecule has 0 aliphatic carbocycles. The molecule has 2 heterocycles. The second-order valence-electron chi connectivity index (χ2n) is 6.59. The van der Waals surface area contributed by atoms with Gasteiger partial charge in [-0.25, -0.2) is 9.67 Å². The van der Waals surface area contributed by atoms with E-state index in [9.17, 15) is 9.59 Å². The fraction of sp³-hybridized carbons (Fsp3) is 0.556. The lowest BCUT2D eigenvalue weighted by atomic mass is 10.1. The predicted octanol–water partition coefficient (Wildman–Crippen LogP) is 1.27. The highest BCUT2D eigenvalue weighted by Crippen LogP contribution is 2.17. The molecule has 2 N–H and O–H groups in total. The van der Waals surface area contributed by atoms with Gasteiger partial charge in [-0.05, 0) is 46.6 Å². The van der Waals surface area contributed by atoms with Crippen molar-refractivity contribution in [2.45, 2.75) is 53.5 Å². The Morgan fingerprint density at radius 1 is 1.27 bits per heavy atom. The van der Waals surface area contributed by atoms with Crippen LogP contribution < -0.4 is 10.9 Å². The van der Waals surface area contributed by atoms with Crippen molar-refractivity contribution in [1.29, 1.82) is 0 Å². The predicted molar refractivity (Wildman–Crippen MR) is 98.7 cm³/mol. The number of amides is 1. The maximum absolute atomic E-state index is 12.1. The number of hydrogen-bond acceptors (Lipinski definition) is 5. The molecule has 2 aromatic heterocycles. The number of carbonyl (C=O) groups is 1. The molecular formula is C18H27N5O3. The number of aryl methyl sites for hydroxylation is 2. The Labute approximate surface area is 153 Å². The molecule has 0 bridgehead atoms. The normalized spacial score (nSPS) is 12.2. The minimum absolute atomic E-state index is 0.0257. The number of aromatic amines is 1. The second kappa shape index (κ2) is 8.27. The molecular weight excluding hydrogens is 334 g/mol. The van der Waals surface area contributed by atoms with E-state index in [-0.39, 0.29) is 17.5 Å². The molecule has 0 aliphatic heterocycles. The lowest BCUT2D eigenvalue weighted by molar-refractivity contribution is -0.122. The molecule has 2 aromatic rings. The molecule has 0 saturated carbocycles. The summed E-state index contributed by atoms with van der Waals surface area (Å²) in [5.41, 5.74) is 3.77. The van der Waals surface area contributed by atoms with Gasteiger partial charge in [-0.2, -0.15) is 5.10 Å². The SMILES string of the molecule is COCC(C)NC(=O)CCc1c(C)nn(-c2nc(C)c(C)c(=O)[nH]2)c1C. The van der Waals surface area contributed by atoms with Gasteiger partial charge in [0.25, 0.3) is 5.56 Å². The number of methoxy groups -OCH3 is 1. The van der Waals surface area contributed by atoms with Crippen LogP contribution in [0.2, 0.25) is 0 Å². The van der Waals surface area contributed by atoms with Crippen LogP contribution in [0.3, 0.4) is 0 Å². The zero-order chi connectivity index (χ0) is 19.4. The summed E-state index contributed by atoms with van der Waals surface area (Å²) in [6.07, 6.45) is 0.927. The number of ether oxygens (including phenoxy) is 1. The standard InChI is InChI=1S/C18H27N5O3/c1-10(9-26-6)19-16(24)8-7-15-13(4)22-23(14(15)5)18-20-12(3)11(2)17(25)21-18/h10H,7-9H2,1-6H3,(H,19,24)(H,20,21,25). The minimum atomic E-state index is -0.173. The van der Waals surface area contributed by atoms with Crippen LogP contribution in [0, 0.1) is 27.7 Å². The first-order valence-electron chi connectivity index (χ1n) is 8.65. The highest BCUT2D eigenvalue weighted by Gasteiger charge is 2.17. The van der Waals surface area contributed by atoms with Crippen LogP contribution in [0.1, 0.15) is 41.6 Å². The summed E-state index contributed by atoms with van der Waals surface area (Å²) >= 11 is 0. The number of aromatic nitrogens is 4. The van der Waals surface area contributed by atoms with Crippen molar-refractivity contribution in [3.05, 3.63) is 38.6 Å². The number of rotatable bonds is 7. The van der Waals surface area contributed by atoms with E-state index < -0.39 is 0 Å². The molecule has 0 fully saturated rings. The Morgan fingerprint density at radius 3 is 2.58 bits per heavy atom. The van der Waals surface area contributed by atoms with Gasteiger partial charge in [-0.1, -0.05) is 0 Å². The zero-order valence-corrected chi connectivity index (χ0v) is 16.3. The van der Waals surface area contributed by atoms with Crippen molar-refractivity contribution in [1.82, 2.24) is 25.1 Å². The van der Waals surface area contributed by atoms with Gasteiger partial charge < -0.3 is 10.1 Å². The van der Waals surface area contributed by atoms with Crippen molar-refractivity contribution in [3.63, 3.8) is 0 Å². The van der Waals surface area contributed by atoms with Gasteiger partial charge in [0.05, 0.1) is 12.3 Å². The maximum Gasteiger partial charge on any atom is 0.255 e. The topological polar surface area (TPSA) is 102 Å². The van der Waals surface area contributed by atoms with E-state index in [1.807, 2.05) is 20.8 Å². The molecule has 8 heteroatoms. The zero-order valence-electron chi connectivity index (χ0n) is 16.3. The highest BCUT2D eigenvalue weighted by molar-refractivity contribution is 5.76. The van der Waals surface area contributed by atoms with Gasteiger partial charge in [0, 0.05) is 36.5 Å². The van der Waals surface area contributed by atoms with Crippen LogP contribution >= 0.6 is 0 Å². The molecule has 0 aromatic carbocycles. The van der Waals surface area contributed by atoms with E-state index in [1.165, 1.54) is 0 Å². The lowest BCUT2D eigenvalue weighted by Crippen LogP contribution is -2.35. The number of H-pyrrole nitrogens is 1. The summed E-state index contributed by atoms with van der Waals surface area (Å²) in [6, 6.07) is -0.0257. The number of nitrogens with zero attached hydrogens (tertiary/aromatic N) is 3. The van der Waals surface area contributed by atoms with Crippen LogP contribution in [0.5, 0.6) is 0 Å². The van der Waals surface area contributed by atoms with E-state index in [0.29, 0.717) is 36.7 Å². The van der Waals surface area contributed by atoms with Crippen LogP contribution in [0.4, 0.5) is 0 Å². The molecule has 0 spiro atoms. The molecule has 1 amide bonds. The Balaban J connectivity index is 2.18. The molecule has 1 atom stereocenters. The molecule has 8 nitrogen and oxygen atoms in total. The van der Waals surface area contributed by atoms with E-state index in [4.69, 9.17) is 4.74 Å². The molecule has 26 heavy (non-hydrogen) atoms. The Bertz CT molecular complexity index is 853. The van der Waals surface area contributed by atoms with Gasteiger partial charge in [0.1, 0.15) is 0 Å². The third-order valence-electron chi connectivity index (χ3n) is 4.45. The van der Waals surface area contributed by atoms with Crippen LogP contribution in [0.15, 0.2) is 4.79 Å². The van der Waals surface area contributed by atoms with Crippen molar-refractivity contribution >= 4 is 5.91 Å². The first-order valence-corrected chi connectivity index (χ1v) is 8.65. The quantitative estimate of drug-likeness (QED) is 0.773. The minimum Gasteiger partial charge on any atom is -0.383 e. The molecule has 142 valence electrons. The van der Waals surface area contributed by atoms with Crippen LogP contribution in [-0.4, -0.2) is 45.4 Å². The van der Waals surface area contributed by atoms with Crippen LogP contribution in [-0.2, 0) is 16.0 Å². The summed E-state index contributed by atoms with van der Waals surface area (Å²) in [5.74, 6) is 0.363. The van der Waals surface area contributed by atoms with Gasteiger partial charge in [-0.3, -0.25) is 14.6 Å². The fourth-order valence-electron chi connectivity index (χ4n) is 2.85. The fourth-order valence-corrected chi connectivity index (χ4v) is 2.85. The number of nitrogens with one attached hydrogen (secondary N) is 2. The highest BCUT2D eigenvalue weighted by atomic mass is 16.5. The van der Waals surface area contributed by atoms with Crippen molar-refractivity contribution < 1.29 is 9.53 Å². The Hall–Kier alpha value is -2.48. The molecule has 0 saturated heterocycles. The smallest absolute Gasteiger partial charge is 0.255 e. The lowest BCUT2D eigenvalue weighted by Gasteiger charge is -2.12. The van der Waals surface area contributed by atoms with Gasteiger partial charge in [0.15, 0.2) is 0 Å². The van der Waals surface area contributed by atoms with Crippen molar-refractivity contribution in [3.8, 4) is 5.95 Å². The maximum atomic E-state index is 12.1. The first kappa shape index (κ1) is 19.8. The van der Waals surface area contributed by atoms with Gasteiger partial charge in [0.2, 0.25) is 11.9 Å². The molecule has 0 aliphatic rings. The molecule has 0 radical (unpaired) electrons. The third-order valence-corrected chi connectivity index (χ3v) is 4.45. The van der Waals surface area contributed by atoms with Crippen molar-refractivity contribution in [2.75, 3.05) is 13.7 Å². The third kappa shape index (κ3) is 4.37. The number of hydrogen-bond donors (Lipinski definition) is 2. The molecule has 2 rings (SSSR count). The summed E-state index contributed by atoms with van der Waals surface area (Å²) in [6.45, 7) is 9.72. The van der Waals surface area contributed by atoms with Gasteiger partial charge in [-0.15, -0.1) is 0 Å². The van der Waals surface area contributed by atoms with Crippen LogP contribution in [0.25, 0.3) is 5.95 Å². The van der Waals surface area contributed by atoms with Crippen molar-refractivity contribution in [2.24, 2.45) is 0 Å². The Kier molecular flexibility index (Phi) is 6.31. The summed E-state index contributed by atoms with van der Waals surface area (Å²) in [4.78, 5) is 31.3. The largest absolute Gasteiger partial charge is 0.383 e. The van der Waals surface area contributed by atoms with E-state index in [0.717, 1.165) is 17.0 Å². The van der Waals surface area contributed by atoms with E-state index in [1.54, 1.807) is 25.6 Å². The van der Waals surface area contributed by atoms with E-state index in [2.05, 4.69) is 20.4 Å². The van der Waals surface area contributed by atoms with E-state index >= 15 is 0 Å². The summed E-state index contributed by atoms with van der Waals surface area (Å²) in [7, 11) is 1.61. The first-order chi connectivity index (χ1) is 12.2. The average Bonchev–Trinajstić information content (AvgIpc) is 2.85. The average molecular weight is 361 g/mol. The Morgan fingerprint density at radius 2 is 1.96 bits per heavy atom. The second-order valence-corrected chi connectivity index (χ2v) is 6.59. The number of carbonyl (C=O) groups excluding carboxylic acids is 1.